The van der Waals surface area contributed by atoms with E-state index in [9.17, 15) is 4.79 Å². The Morgan fingerprint density at radius 2 is 1.85 bits per heavy atom. The molecule has 1 saturated heterocycles. The van der Waals surface area contributed by atoms with Crippen molar-refractivity contribution in [2.24, 2.45) is 5.92 Å². The van der Waals surface area contributed by atoms with E-state index in [1.807, 2.05) is 48.8 Å². The number of nitrogens with zero attached hydrogens (tertiary/aromatic N) is 3. The van der Waals surface area contributed by atoms with Crippen LogP contribution >= 0.6 is 0 Å². The highest BCUT2D eigenvalue weighted by atomic mass is 16.5. The molecule has 5 nitrogen and oxygen atoms in total. The van der Waals surface area contributed by atoms with Crippen LogP contribution in [0.1, 0.15) is 23.2 Å². The third kappa shape index (κ3) is 3.35. The molecule has 134 valence electrons. The van der Waals surface area contributed by atoms with Crippen molar-refractivity contribution < 1.29 is 9.53 Å². The molecule has 2 heterocycles. The van der Waals surface area contributed by atoms with E-state index in [4.69, 9.17) is 4.74 Å². The van der Waals surface area contributed by atoms with Gasteiger partial charge in [-0.15, -0.1) is 0 Å². The Labute approximate surface area is 153 Å². The number of para-hydroxylation sites is 2. The molecule has 0 radical (unpaired) electrons. The predicted molar refractivity (Wildman–Crippen MR) is 101 cm³/mol. The molecule has 1 fully saturated rings. The minimum absolute atomic E-state index is 0.110. The zero-order valence-electron chi connectivity index (χ0n) is 15.0. The van der Waals surface area contributed by atoms with Gasteiger partial charge in [0.25, 0.3) is 0 Å². The molecule has 0 aliphatic carbocycles. The molecule has 0 unspecified atom stereocenters. The van der Waals surface area contributed by atoms with Crippen LogP contribution in [0.2, 0.25) is 0 Å². The summed E-state index contributed by atoms with van der Waals surface area (Å²) in [6.07, 6.45) is 3.70. The number of fused-ring (bicyclic) bond motifs is 1. The molecule has 4 rings (SSSR count). The second-order valence-electron chi connectivity index (χ2n) is 6.83. The van der Waals surface area contributed by atoms with Crippen molar-refractivity contribution in [1.29, 1.82) is 0 Å². The topological polar surface area (TPSA) is 47.4 Å². The second-order valence-corrected chi connectivity index (χ2v) is 6.83. The number of methoxy groups -OCH3 is 1. The van der Waals surface area contributed by atoms with Crippen LogP contribution in [0.25, 0.3) is 11.0 Å². The van der Waals surface area contributed by atoms with Crippen LogP contribution in [0, 0.1) is 5.92 Å². The van der Waals surface area contributed by atoms with Crippen molar-refractivity contribution in [2.75, 3.05) is 20.2 Å². The summed E-state index contributed by atoms with van der Waals surface area (Å²) in [5.41, 5.74) is 2.96. The lowest BCUT2D eigenvalue weighted by Gasteiger charge is -2.31. The number of benzene rings is 2. The molecule has 26 heavy (non-hydrogen) atoms. The van der Waals surface area contributed by atoms with Crippen LogP contribution < -0.4 is 4.74 Å². The van der Waals surface area contributed by atoms with Gasteiger partial charge in [0.05, 0.1) is 31.1 Å². The summed E-state index contributed by atoms with van der Waals surface area (Å²) in [7, 11) is 1.63. The number of hydrogen-bond acceptors (Lipinski definition) is 4. The number of carbonyl (C=O) groups is 1. The maximum absolute atomic E-state index is 12.7. The van der Waals surface area contributed by atoms with Gasteiger partial charge in [0.15, 0.2) is 5.78 Å². The van der Waals surface area contributed by atoms with E-state index >= 15 is 0 Å². The minimum Gasteiger partial charge on any atom is -0.497 e. The summed E-state index contributed by atoms with van der Waals surface area (Å²) in [5, 5.41) is 0. The number of likely N-dealkylation sites (tertiary alicyclic amines) is 1. The van der Waals surface area contributed by atoms with Crippen LogP contribution in [-0.2, 0) is 6.67 Å². The number of hydrogen-bond donors (Lipinski definition) is 0. The van der Waals surface area contributed by atoms with E-state index < -0.39 is 0 Å². The Morgan fingerprint density at radius 1 is 1.12 bits per heavy atom. The SMILES string of the molecule is COc1ccc(C(=O)C2CCN(Cn3cnc4ccccc43)CC2)cc1. The third-order valence-electron chi connectivity index (χ3n) is 5.21. The van der Waals surface area contributed by atoms with E-state index in [0.717, 1.165) is 54.9 Å². The first-order valence-corrected chi connectivity index (χ1v) is 9.05. The van der Waals surface area contributed by atoms with E-state index in [1.165, 1.54) is 0 Å². The zero-order valence-corrected chi connectivity index (χ0v) is 15.0. The number of ether oxygens (including phenoxy) is 1. The van der Waals surface area contributed by atoms with Crippen molar-refractivity contribution in [1.82, 2.24) is 14.5 Å². The summed E-state index contributed by atoms with van der Waals surface area (Å²) in [4.78, 5) is 19.6. The Hall–Kier alpha value is -2.66. The van der Waals surface area contributed by atoms with E-state index in [0.29, 0.717) is 0 Å². The summed E-state index contributed by atoms with van der Waals surface area (Å²) in [6, 6.07) is 15.6. The monoisotopic (exact) mass is 349 g/mol. The van der Waals surface area contributed by atoms with Gasteiger partial charge < -0.3 is 9.30 Å². The molecule has 0 spiro atoms. The molecule has 1 aromatic heterocycles. The summed E-state index contributed by atoms with van der Waals surface area (Å²) in [5.74, 6) is 1.14. The van der Waals surface area contributed by atoms with Gasteiger partial charge in [0.1, 0.15) is 5.75 Å². The maximum atomic E-state index is 12.7. The van der Waals surface area contributed by atoms with Gasteiger partial charge in [-0.05, 0) is 49.2 Å². The molecular weight excluding hydrogens is 326 g/mol. The highest BCUT2D eigenvalue weighted by Crippen LogP contribution is 2.24. The van der Waals surface area contributed by atoms with Crippen molar-refractivity contribution in [3.63, 3.8) is 0 Å². The van der Waals surface area contributed by atoms with Crippen molar-refractivity contribution in [3.8, 4) is 5.75 Å². The molecule has 0 amide bonds. The van der Waals surface area contributed by atoms with Gasteiger partial charge in [0.2, 0.25) is 0 Å². The Morgan fingerprint density at radius 3 is 2.58 bits per heavy atom. The first-order valence-electron chi connectivity index (χ1n) is 9.05. The number of carbonyl (C=O) groups excluding carboxylic acids is 1. The number of piperidine rings is 1. The standard InChI is InChI=1S/C21H23N3O2/c1-26-18-8-6-16(7-9-18)21(25)17-10-12-23(13-11-17)15-24-14-22-19-4-2-3-5-20(19)24/h2-9,14,17H,10-13,15H2,1H3. The highest BCUT2D eigenvalue weighted by molar-refractivity contribution is 5.98. The smallest absolute Gasteiger partial charge is 0.166 e. The molecule has 5 heteroatoms. The summed E-state index contributed by atoms with van der Waals surface area (Å²) >= 11 is 0. The van der Waals surface area contributed by atoms with Gasteiger partial charge in [-0.25, -0.2) is 4.98 Å². The fourth-order valence-electron chi connectivity index (χ4n) is 3.67. The van der Waals surface area contributed by atoms with Crippen molar-refractivity contribution in [2.45, 2.75) is 19.5 Å². The van der Waals surface area contributed by atoms with Crippen LogP contribution in [0.5, 0.6) is 5.75 Å². The largest absolute Gasteiger partial charge is 0.497 e. The first-order chi connectivity index (χ1) is 12.7. The lowest BCUT2D eigenvalue weighted by molar-refractivity contribution is 0.0813. The van der Waals surface area contributed by atoms with E-state index in [-0.39, 0.29) is 11.7 Å². The number of Topliss-reactive ketones (excluding diaryl/α,β-unsaturated/α-hetero) is 1. The summed E-state index contributed by atoms with van der Waals surface area (Å²) < 4.78 is 7.35. The summed E-state index contributed by atoms with van der Waals surface area (Å²) in [6.45, 7) is 2.68. The maximum Gasteiger partial charge on any atom is 0.166 e. The van der Waals surface area contributed by atoms with Gasteiger partial charge in [-0.3, -0.25) is 9.69 Å². The minimum atomic E-state index is 0.110. The van der Waals surface area contributed by atoms with E-state index in [1.54, 1.807) is 7.11 Å². The average molecular weight is 349 g/mol. The average Bonchev–Trinajstić information content (AvgIpc) is 3.11. The Kier molecular flexibility index (Phi) is 4.71. The van der Waals surface area contributed by atoms with Gasteiger partial charge >= 0.3 is 0 Å². The van der Waals surface area contributed by atoms with Crippen molar-refractivity contribution in [3.05, 3.63) is 60.4 Å². The molecule has 2 aromatic carbocycles. The number of ketones is 1. The third-order valence-corrected chi connectivity index (χ3v) is 5.21. The van der Waals surface area contributed by atoms with E-state index in [2.05, 4.69) is 20.5 Å². The fourth-order valence-corrected chi connectivity index (χ4v) is 3.67. The van der Waals surface area contributed by atoms with Gasteiger partial charge in [-0.1, -0.05) is 12.1 Å². The van der Waals surface area contributed by atoms with Crippen LogP contribution in [-0.4, -0.2) is 40.4 Å². The molecule has 0 atom stereocenters. The first kappa shape index (κ1) is 16.8. The zero-order chi connectivity index (χ0) is 17.9. The molecule has 3 aromatic rings. The number of imidazole rings is 1. The van der Waals surface area contributed by atoms with Crippen LogP contribution in [0.3, 0.4) is 0 Å². The van der Waals surface area contributed by atoms with Crippen molar-refractivity contribution >= 4 is 16.8 Å². The van der Waals surface area contributed by atoms with Gasteiger partial charge in [-0.2, -0.15) is 0 Å². The fraction of sp³-hybridized carbons (Fsp3) is 0.333. The Bertz CT molecular complexity index is 893. The van der Waals surface area contributed by atoms with Crippen LogP contribution in [0.4, 0.5) is 0 Å². The Balaban J connectivity index is 1.37. The molecule has 1 aliphatic heterocycles. The molecule has 0 saturated carbocycles. The molecule has 1 aliphatic rings. The quantitative estimate of drug-likeness (QED) is 0.661. The normalized spacial score (nSPS) is 16.0. The number of aromatic nitrogens is 2. The lowest BCUT2D eigenvalue weighted by atomic mass is 9.89. The molecule has 0 N–H and O–H groups in total. The lowest BCUT2D eigenvalue weighted by Crippen LogP contribution is -2.37. The van der Waals surface area contributed by atoms with Crippen LogP contribution in [0.15, 0.2) is 54.9 Å². The van der Waals surface area contributed by atoms with Gasteiger partial charge in [0, 0.05) is 24.6 Å². The molecule has 0 bridgehead atoms. The second kappa shape index (κ2) is 7.30. The highest BCUT2D eigenvalue weighted by Gasteiger charge is 2.26. The number of rotatable bonds is 5. The predicted octanol–water partition coefficient (Wildman–Crippen LogP) is 3.60. The molecular formula is C21H23N3O2.